The molecule has 0 saturated carbocycles. The molecule has 0 aromatic heterocycles. The lowest BCUT2D eigenvalue weighted by Crippen LogP contribution is -2.59. The number of aliphatic hydroxyl groups is 1. The van der Waals surface area contributed by atoms with Crippen molar-refractivity contribution in [3.8, 4) is 0 Å². The highest BCUT2D eigenvalue weighted by atomic mass is 32.2. The SMILES string of the molecule is CSCCC(NC(=O)C(NC(=O)C(N)CCCCN)C(C)O)C(=O)NC(CC(=O)O)C(=O)O. The summed E-state index contributed by atoms with van der Waals surface area (Å²) in [4.78, 5) is 59.7. The zero-order chi connectivity index (χ0) is 25.6. The van der Waals surface area contributed by atoms with Crippen LogP contribution in [0.15, 0.2) is 0 Å². The number of amides is 3. The zero-order valence-electron chi connectivity index (χ0n) is 18.8. The molecule has 5 atom stereocenters. The third-order valence-electron chi connectivity index (χ3n) is 4.61. The summed E-state index contributed by atoms with van der Waals surface area (Å²) in [6, 6.07) is -5.26. The monoisotopic (exact) mass is 493 g/mol. The minimum atomic E-state index is -1.69. The summed E-state index contributed by atoms with van der Waals surface area (Å²) in [5, 5.41) is 34.8. The maximum Gasteiger partial charge on any atom is 0.326 e. The molecule has 33 heavy (non-hydrogen) atoms. The van der Waals surface area contributed by atoms with Gasteiger partial charge in [0.1, 0.15) is 18.1 Å². The molecule has 0 fully saturated rings. The Hall–Kier alpha value is -2.42. The van der Waals surface area contributed by atoms with Crippen LogP contribution in [0.5, 0.6) is 0 Å². The molecule has 0 radical (unpaired) electrons. The Kier molecular flexibility index (Phi) is 15.0. The van der Waals surface area contributed by atoms with Crippen molar-refractivity contribution >= 4 is 41.4 Å². The highest BCUT2D eigenvalue weighted by Crippen LogP contribution is 2.06. The average Bonchev–Trinajstić information content (AvgIpc) is 2.73. The Labute approximate surface area is 196 Å². The molecule has 5 unspecified atom stereocenters. The zero-order valence-corrected chi connectivity index (χ0v) is 19.6. The van der Waals surface area contributed by atoms with E-state index in [0.717, 1.165) is 0 Å². The number of hydrogen-bond acceptors (Lipinski definition) is 9. The molecule has 0 aliphatic heterocycles. The van der Waals surface area contributed by atoms with E-state index in [4.69, 9.17) is 21.7 Å². The Morgan fingerprint density at radius 3 is 2.00 bits per heavy atom. The third-order valence-corrected chi connectivity index (χ3v) is 5.25. The van der Waals surface area contributed by atoms with Gasteiger partial charge in [-0.3, -0.25) is 19.2 Å². The predicted molar refractivity (Wildman–Crippen MR) is 121 cm³/mol. The molecular weight excluding hydrogens is 458 g/mol. The van der Waals surface area contributed by atoms with E-state index in [9.17, 15) is 29.1 Å². The first-order chi connectivity index (χ1) is 15.4. The minimum absolute atomic E-state index is 0.0945. The summed E-state index contributed by atoms with van der Waals surface area (Å²) in [6.45, 7) is 1.72. The van der Waals surface area contributed by atoms with Crippen molar-refractivity contribution in [2.45, 2.75) is 69.3 Å². The minimum Gasteiger partial charge on any atom is -0.481 e. The van der Waals surface area contributed by atoms with Crippen LogP contribution < -0.4 is 27.4 Å². The van der Waals surface area contributed by atoms with E-state index in [-0.39, 0.29) is 6.42 Å². The number of aliphatic hydroxyl groups excluding tert-OH is 1. The number of carboxylic acids is 2. The lowest BCUT2D eigenvalue weighted by Gasteiger charge is -2.26. The maximum atomic E-state index is 12.7. The number of rotatable bonds is 17. The topological polar surface area (TPSA) is 234 Å². The lowest BCUT2D eigenvalue weighted by molar-refractivity contribution is -0.147. The van der Waals surface area contributed by atoms with Gasteiger partial charge in [0.25, 0.3) is 0 Å². The van der Waals surface area contributed by atoms with Crippen molar-refractivity contribution in [1.29, 1.82) is 0 Å². The molecule has 0 aliphatic rings. The van der Waals surface area contributed by atoms with Crippen molar-refractivity contribution in [3.05, 3.63) is 0 Å². The van der Waals surface area contributed by atoms with Crippen molar-refractivity contribution in [3.63, 3.8) is 0 Å². The summed E-state index contributed by atoms with van der Waals surface area (Å²) >= 11 is 1.36. The van der Waals surface area contributed by atoms with Crippen molar-refractivity contribution in [2.24, 2.45) is 11.5 Å². The summed E-state index contributed by atoms with van der Waals surface area (Å²) < 4.78 is 0. The van der Waals surface area contributed by atoms with Gasteiger partial charge in [-0.2, -0.15) is 11.8 Å². The molecule has 0 rings (SSSR count). The summed E-state index contributed by atoms with van der Waals surface area (Å²) in [5.74, 6) is -5.00. The van der Waals surface area contributed by atoms with E-state index in [1.165, 1.54) is 18.7 Å². The summed E-state index contributed by atoms with van der Waals surface area (Å²) in [5.41, 5.74) is 11.2. The van der Waals surface area contributed by atoms with E-state index in [1.807, 2.05) is 0 Å². The highest BCUT2D eigenvalue weighted by Gasteiger charge is 2.32. The van der Waals surface area contributed by atoms with Gasteiger partial charge in [-0.1, -0.05) is 6.42 Å². The molecule has 0 aliphatic carbocycles. The number of nitrogens with one attached hydrogen (secondary N) is 3. The molecule has 0 saturated heterocycles. The number of carbonyl (C=O) groups excluding carboxylic acids is 3. The van der Waals surface area contributed by atoms with Crippen molar-refractivity contribution < 1.29 is 39.3 Å². The van der Waals surface area contributed by atoms with E-state index < -0.39 is 66.4 Å². The second kappa shape index (κ2) is 16.2. The molecule has 0 heterocycles. The maximum absolute atomic E-state index is 12.7. The van der Waals surface area contributed by atoms with Crippen LogP contribution >= 0.6 is 11.8 Å². The number of unbranched alkanes of at least 4 members (excludes halogenated alkanes) is 1. The van der Waals surface area contributed by atoms with Crippen molar-refractivity contribution in [2.75, 3.05) is 18.6 Å². The first-order valence-corrected chi connectivity index (χ1v) is 11.8. The van der Waals surface area contributed by atoms with Gasteiger partial charge in [-0.25, -0.2) is 4.79 Å². The highest BCUT2D eigenvalue weighted by molar-refractivity contribution is 7.98. The molecule has 13 nitrogen and oxygen atoms in total. The molecule has 0 aromatic rings. The van der Waals surface area contributed by atoms with E-state index >= 15 is 0 Å². The van der Waals surface area contributed by atoms with Crippen LogP contribution in [0.4, 0.5) is 0 Å². The van der Waals surface area contributed by atoms with Gasteiger partial charge in [0.05, 0.1) is 18.6 Å². The van der Waals surface area contributed by atoms with Crippen LogP contribution in [0.2, 0.25) is 0 Å². The fourth-order valence-corrected chi connectivity index (χ4v) is 3.19. The van der Waals surface area contributed by atoms with Crippen LogP contribution in [-0.4, -0.2) is 93.8 Å². The Morgan fingerprint density at radius 2 is 1.52 bits per heavy atom. The first-order valence-electron chi connectivity index (χ1n) is 10.4. The molecule has 0 aromatic carbocycles. The number of carbonyl (C=O) groups is 5. The standard InChI is InChI=1S/C19H35N5O8S/c1-10(25)15(24-16(28)11(21)5-3-4-7-20)18(30)22-12(6-8-33-2)17(29)23-13(19(31)32)9-14(26)27/h10-13,15,25H,3-9,20-21H2,1-2H3,(H,22,30)(H,23,29)(H,24,28)(H,26,27)(H,31,32). The molecule has 0 bridgehead atoms. The lowest BCUT2D eigenvalue weighted by atomic mass is 10.1. The van der Waals surface area contributed by atoms with Gasteiger partial charge in [-0.05, 0) is 44.7 Å². The molecule has 3 amide bonds. The van der Waals surface area contributed by atoms with Crippen molar-refractivity contribution in [1.82, 2.24) is 16.0 Å². The largest absolute Gasteiger partial charge is 0.481 e. The third kappa shape index (κ3) is 12.4. The molecule has 190 valence electrons. The Morgan fingerprint density at radius 1 is 0.909 bits per heavy atom. The van der Waals surface area contributed by atoms with Gasteiger partial charge in [0, 0.05) is 0 Å². The van der Waals surface area contributed by atoms with Crippen LogP contribution in [-0.2, 0) is 24.0 Å². The quantitative estimate of drug-likeness (QED) is 0.0993. The summed E-state index contributed by atoms with van der Waals surface area (Å²) in [6.07, 6.45) is 1.28. The number of aliphatic carboxylic acids is 2. The van der Waals surface area contributed by atoms with Crippen LogP contribution in [0.3, 0.4) is 0 Å². The van der Waals surface area contributed by atoms with E-state index in [2.05, 4.69) is 16.0 Å². The second-order valence-electron chi connectivity index (χ2n) is 7.46. The number of nitrogens with two attached hydrogens (primary N) is 2. The normalized spacial score (nSPS) is 15.4. The van der Waals surface area contributed by atoms with Crippen LogP contribution in [0, 0.1) is 0 Å². The van der Waals surface area contributed by atoms with Gasteiger partial charge in [-0.15, -0.1) is 0 Å². The smallest absolute Gasteiger partial charge is 0.326 e. The molecule has 10 N–H and O–H groups in total. The molecule has 14 heteroatoms. The van der Waals surface area contributed by atoms with E-state index in [0.29, 0.717) is 31.6 Å². The number of carboxylic acid groups (broad SMARTS) is 2. The fourth-order valence-electron chi connectivity index (χ4n) is 2.72. The molecular formula is C19H35N5O8S. The predicted octanol–water partition coefficient (Wildman–Crippen LogP) is -2.41. The molecule has 0 spiro atoms. The Bertz CT molecular complexity index is 679. The van der Waals surface area contributed by atoms with Gasteiger partial charge >= 0.3 is 11.9 Å². The van der Waals surface area contributed by atoms with Gasteiger partial charge in [0.15, 0.2) is 0 Å². The van der Waals surface area contributed by atoms with Gasteiger partial charge < -0.3 is 42.7 Å². The van der Waals surface area contributed by atoms with Gasteiger partial charge in [0.2, 0.25) is 17.7 Å². The second-order valence-corrected chi connectivity index (χ2v) is 8.44. The fraction of sp³-hybridized carbons (Fsp3) is 0.737. The first kappa shape index (κ1) is 30.6. The summed E-state index contributed by atoms with van der Waals surface area (Å²) in [7, 11) is 0. The average molecular weight is 494 g/mol. The number of thioether (sulfide) groups is 1. The Balaban J connectivity index is 5.32. The van der Waals surface area contributed by atoms with E-state index in [1.54, 1.807) is 6.26 Å². The number of hydrogen-bond donors (Lipinski definition) is 8. The van der Waals surface area contributed by atoms with Crippen LogP contribution in [0.1, 0.15) is 39.0 Å². The van der Waals surface area contributed by atoms with Crippen LogP contribution in [0.25, 0.3) is 0 Å².